The number of carbonyl (C=O) groups is 1. The molecule has 1 aromatic carbocycles. The van der Waals surface area contributed by atoms with Crippen LogP contribution < -0.4 is 11.1 Å². The molecule has 0 bridgehead atoms. The molecule has 0 unspecified atom stereocenters. The van der Waals surface area contributed by atoms with Gasteiger partial charge in [-0.15, -0.1) is 0 Å². The topological polar surface area (TPSA) is 124 Å². The van der Waals surface area contributed by atoms with E-state index in [1.165, 1.54) is 24.5 Å². The number of amides is 1. The Balaban J connectivity index is 2.24. The van der Waals surface area contributed by atoms with Crippen LogP contribution in [-0.2, 0) is 0 Å². The summed E-state index contributed by atoms with van der Waals surface area (Å²) in [7, 11) is 0. The highest BCUT2D eigenvalue weighted by atomic mass is 35.5. The number of nitrogens with zero attached hydrogens (tertiary/aromatic N) is 3. The van der Waals surface area contributed by atoms with Crippen molar-refractivity contribution in [1.29, 1.82) is 0 Å². The van der Waals surface area contributed by atoms with Crippen LogP contribution in [0, 0.1) is 10.1 Å². The first kappa shape index (κ1) is 13.7. The van der Waals surface area contributed by atoms with Gasteiger partial charge in [-0.25, -0.2) is 4.98 Å². The number of nitro benzene ring substituents is 1. The first-order valence-electron chi connectivity index (χ1n) is 5.30. The fraction of sp³-hybridized carbons (Fsp3) is 0. The number of aromatic nitrogens is 2. The second-order valence-electron chi connectivity index (χ2n) is 3.71. The maximum Gasteiger partial charge on any atom is 0.289 e. The molecule has 0 aliphatic heterocycles. The van der Waals surface area contributed by atoms with Gasteiger partial charge in [-0.05, 0) is 12.1 Å². The molecule has 20 heavy (non-hydrogen) atoms. The van der Waals surface area contributed by atoms with Crippen molar-refractivity contribution in [3.8, 4) is 0 Å². The molecule has 9 heteroatoms. The van der Waals surface area contributed by atoms with E-state index in [1.807, 2.05) is 0 Å². The van der Waals surface area contributed by atoms with Crippen LogP contribution in [0.15, 0.2) is 30.6 Å². The van der Waals surface area contributed by atoms with Gasteiger partial charge in [-0.1, -0.05) is 11.6 Å². The summed E-state index contributed by atoms with van der Waals surface area (Å²) in [5.74, 6) is -0.485. The Kier molecular flexibility index (Phi) is 3.76. The summed E-state index contributed by atoms with van der Waals surface area (Å²) in [5.41, 5.74) is 5.33. The van der Waals surface area contributed by atoms with Gasteiger partial charge in [0.15, 0.2) is 0 Å². The van der Waals surface area contributed by atoms with E-state index in [0.29, 0.717) is 0 Å². The average Bonchev–Trinajstić information content (AvgIpc) is 2.40. The third kappa shape index (κ3) is 2.98. The van der Waals surface area contributed by atoms with E-state index in [-0.39, 0.29) is 27.9 Å². The van der Waals surface area contributed by atoms with Gasteiger partial charge in [0, 0.05) is 11.8 Å². The van der Waals surface area contributed by atoms with Crippen LogP contribution in [0.3, 0.4) is 0 Å². The van der Waals surface area contributed by atoms with E-state index in [4.69, 9.17) is 17.3 Å². The second kappa shape index (κ2) is 5.49. The smallest absolute Gasteiger partial charge is 0.289 e. The van der Waals surface area contributed by atoms with Gasteiger partial charge >= 0.3 is 0 Å². The standard InChI is InChI=1S/C11H8ClN5O3/c12-7-2-1-6(3-9(7)17(19)20)15-11(18)8-4-14-5-10(13)16-8/h1-5H,(H2,13,16)(H,15,18). The van der Waals surface area contributed by atoms with Gasteiger partial charge < -0.3 is 11.1 Å². The minimum atomic E-state index is -0.641. The largest absolute Gasteiger partial charge is 0.382 e. The second-order valence-corrected chi connectivity index (χ2v) is 4.11. The van der Waals surface area contributed by atoms with Crippen LogP contribution in [0.25, 0.3) is 0 Å². The van der Waals surface area contributed by atoms with Gasteiger partial charge in [-0.3, -0.25) is 19.9 Å². The number of hydrogen-bond acceptors (Lipinski definition) is 6. The summed E-state index contributed by atoms with van der Waals surface area (Å²) in [4.78, 5) is 29.5. The maximum absolute atomic E-state index is 11.9. The molecule has 1 amide bonds. The van der Waals surface area contributed by atoms with Crippen LogP contribution >= 0.6 is 11.6 Å². The summed E-state index contributed by atoms with van der Waals surface area (Å²) >= 11 is 5.67. The van der Waals surface area contributed by atoms with Gasteiger partial charge in [0.05, 0.1) is 17.3 Å². The molecule has 1 heterocycles. The molecule has 1 aromatic heterocycles. The molecule has 0 fully saturated rings. The zero-order chi connectivity index (χ0) is 14.7. The molecular weight excluding hydrogens is 286 g/mol. The molecule has 0 saturated heterocycles. The number of carbonyl (C=O) groups excluding carboxylic acids is 1. The minimum absolute atomic E-state index is 0.00241. The van der Waals surface area contributed by atoms with E-state index in [2.05, 4.69) is 15.3 Å². The molecule has 0 aliphatic carbocycles. The SMILES string of the molecule is Nc1cncc(C(=O)Nc2ccc(Cl)c([N+](=O)[O-])c2)n1. The third-order valence-electron chi connectivity index (χ3n) is 2.29. The predicted octanol–water partition coefficient (Wildman–Crippen LogP) is 1.87. The van der Waals surface area contributed by atoms with Crippen molar-refractivity contribution < 1.29 is 9.72 Å². The summed E-state index contributed by atoms with van der Waals surface area (Å²) in [5, 5.41) is 13.2. The number of nitro groups is 1. The lowest BCUT2D eigenvalue weighted by Crippen LogP contribution is -2.14. The number of halogens is 1. The molecule has 2 aromatic rings. The lowest BCUT2D eigenvalue weighted by molar-refractivity contribution is -0.384. The van der Waals surface area contributed by atoms with E-state index < -0.39 is 10.8 Å². The molecule has 3 N–H and O–H groups in total. The van der Waals surface area contributed by atoms with Crippen molar-refractivity contribution >= 4 is 34.7 Å². The molecule has 0 aliphatic rings. The van der Waals surface area contributed by atoms with Crippen molar-refractivity contribution in [3.05, 3.63) is 51.4 Å². The average molecular weight is 294 g/mol. The predicted molar refractivity (Wildman–Crippen MR) is 72.5 cm³/mol. The Morgan fingerprint density at radius 3 is 2.80 bits per heavy atom. The highest BCUT2D eigenvalue weighted by molar-refractivity contribution is 6.32. The van der Waals surface area contributed by atoms with E-state index in [1.54, 1.807) is 0 Å². The Bertz CT molecular complexity index is 692. The van der Waals surface area contributed by atoms with Gasteiger partial charge in [0.2, 0.25) is 0 Å². The first-order valence-corrected chi connectivity index (χ1v) is 5.68. The number of benzene rings is 1. The Labute approximate surface area is 117 Å². The van der Waals surface area contributed by atoms with Crippen molar-refractivity contribution in [3.63, 3.8) is 0 Å². The van der Waals surface area contributed by atoms with Gasteiger partial charge in [0.1, 0.15) is 16.5 Å². The molecule has 0 radical (unpaired) electrons. The summed E-state index contributed by atoms with van der Waals surface area (Å²) in [6.07, 6.45) is 2.53. The van der Waals surface area contributed by atoms with Crippen LogP contribution in [0.1, 0.15) is 10.5 Å². The van der Waals surface area contributed by atoms with Crippen LogP contribution in [0.4, 0.5) is 17.2 Å². The van der Waals surface area contributed by atoms with Crippen LogP contribution in [0.2, 0.25) is 5.02 Å². The lowest BCUT2D eigenvalue weighted by Gasteiger charge is -2.05. The van der Waals surface area contributed by atoms with Crippen molar-refractivity contribution in [2.45, 2.75) is 0 Å². The molecular formula is C11H8ClN5O3. The highest BCUT2D eigenvalue weighted by Crippen LogP contribution is 2.27. The van der Waals surface area contributed by atoms with E-state index >= 15 is 0 Å². The number of nitrogens with one attached hydrogen (secondary N) is 1. The zero-order valence-corrected chi connectivity index (χ0v) is 10.7. The Hall–Kier alpha value is -2.74. The molecule has 0 saturated carbocycles. The molecule has 8 nitrogen and oxygen atoms in total. The monoisotopic (exact) mass is 293 g/mol. The van der Waals surface area contributed by atoms with Crippen molar-refractivity contribution in [2.75, 3.05) is 11.1 Å². The summed E-state index contributed by atoms with van der Waals surface area (Å²) < 4.78 is 0. The lowest BCUT2D eigenvalue weighted by atomic mass is 10.2. The first-order chi connectivity index (χ1) is 9.47. The zero-order valence-electron chi connectivity index (χ0n) is 9.91. The van der Waals surface area contributed by atoms with E-state index in [0.717, 1.165) is 6.07 Å². The fourth-order valence-electron chi connectivity index (χ4n) is 1.42. The number of rotatable bonds is 3. The van der Waals surface area contributed by atoms with Crippen LogP contribution in [-0.4, -0.2) is 20.8 Å². The third-order valence-corrected chi connectivity index (χ3v) is 2.61. The quantitative estimate of drug-likeness (QED) is 0.657. The highest BCUT2D eigenvalue weighted by Gasteiger charge is 2.15. The summed E-state index contributed by atoms with van der Waals surface area (Å²) in [6, 6.07) is 3.91. The Morgan fingerprint density at radius 1 is 1.40 bits per heavy atom. The van der Waals surface area contributed by atoms with Gasteiger partial charge in [0.25, 0.3) is 11.6 Å². The Morgan fingerprint density at radius 2 is 2.15 bits per heavy atom. The number of anilines is 2. The van der Waals surface area contributed by atoms with Gasteiger partial charge in [-0.2, -0.15) is 0 Å². The molecule has 0 atom stereocenters. The van der Waals surface area contributed by atoms with E-state index in [9.17, 15) is 14.9 Å². The number of hydrogen-bond donors (Lipinski definition) is 2. The molecule has 0 spiro atoms. The maximum atomic E-state index is 11.9. The summed E-state index contributed by atoms with van der Waals surface area (Å²) in [6.45, 7) is 0. The van der Waals surface area contributed by atoms with Crippen molar-refractivity contribution in [1.82, 2.24) is 9.97 Å². The van der Waals surface area contributed by atoms with Crippen molar-refractivity contribution in [2.24, 2.45) is 0 Å². The number of nitrogen functional groups attached to an aromatic ring is 1. The normalized spacial score (nSPS) is 10.1. The van der Waals surface area contributed by atoms with Crippen LogP contribution in [0.5, 0.6) is 0 Å². The fourth-order valence-corrected chi connectivity index (χ4v) is 1.60. The number of nitrogens with two attached hydrogens (primary N) is 1. The minimum Gasteiger partial charge on any atom is -0.382 e. The molecule has 2 rings (SSSR count). The molecule has 102 valence electrons.